The van der Waals surface area contributed by atoms with Gasteiger partial charge in [0.05, 0.1) is 23.7 Å². The fraction of sp³-hybridized carbons (Fsp3) is 0.316. The number of aromatic nitrogens is 2. The molecule has 1 aromatic carbocycles. The summed E-state index contributed by atoms with van der Waals surface area (Å²) in [5, 5.41) is 8.94. The van der Waals surface area contributed by atoms with Crippen LogP contribution in [-0.2, 0) is 6.54 Å². The molecule has 2 aromatic heterocycles. The molecule has 3 aromatic rings. The minimum absolute atomic E-state index is 0.247. The van der Waals surface area contributed by atoms with Crippen molar-refractivity contribution >= 4 is 27.5 Å². The molecule has 0 spiro atoms. The number of rotatable bonds is 3. The number of anilines is 1. The van der Waals surface area contributed by atoms with Crippen molar-refractivity contribution < 1.29 is 4.39 Å². The van der Waals surface area contributed by atoms with Gasteiger partial charge in [0, 0.05) is 19.2 Å². The number of benzene rings is 1. The number of nitrogens with zero attached hydrogens (tertiary/aromatic N) is 4. The minimum atomic E-state index is -0.413. The zero-order valence-corrected chi connectivity index (χ0v) is 14.9. The molecule has 5 nitrogen and oxygen atoms in total. The van der Waals surface area contributed by atoms with E-state index in [0.29, 0.717) is 21.7 Å². The Morgan fingerprint density at radius 1 is 1.23 bits per heavy atom. The van der Waals surface area contributed by atoms with Crippen LogP contribution in [0.3, 0.4) is 0 Å². The fourth-order valence-corrected chi connectivity index (χ4v) is 4.16. The van der Waals surface area contributed by atoms with Crippen LogP contribution >= 0.6 is 11.3 Å². The second-order valence-corrected chi connectivity index (χ2v) is 7.39. The molecule has 0 amide bonds. The number of nitriles is 1. The molecule has 0 aliphatic carbocycles. The lowest BCUT2D eigenvalue weighted by Crippen LogP contribution is -2.36. The van der Waals surface area contributed by atoms with Crippen molar-refractivity contribution in [2.45, 2.75) is 25.8 Å². The largest absolute Gasteiger partial charge is 0.342 e. The third kappa shape index (κ3) is 2.97. The number of hydrogen-bond donors (Lipinski definition) is 0. The second kappa shape index (κ2) is 6.89. The van der Waals surface area contributed by atoms with Crippen LogP contribution in [0.5, 0.6) is 0 Å². The second-order valence-electron chi connectivity index (χ2n) is 6.38. The van der Waals surface area contributed by atoms with E-state index in [4.69, 9.17) is 0 Å². The highest BCUT2D eigenvalue weighted by Gasteiger charge is 2.21. The smallest absolute Gasteiger partial charge is 0.273 e. The topological polar surface area (TPSA) is 61.9 Å². The minimum Gasteiger partial charge on any atom is -0.342 e. The van der Waals surface area contributed by atoms with Crippen molar-refractivity contribution in [2.75, 3.05) is 18.0 Å². The van der Waals surface area contributed by atoms with E-state index in [1.807, 2.05) is 12.1 Å². The van der Waals surface area contributed by atoms with Gasteiger partial charge in [-0.2, -0.15) is 9.65 Å². The fourth-order valence-electron chi connectivity index (χ4n) is 3.39. The SMILES string of the molecule is N#Cc1ccccc1Cn1c(N2CCCCC2)nc2cc(F)sc2c1=O. The molecular formula is C19H17FN4OS. The highest BCUT2D eigenvalue weighted by molar-refractivity contribution is 7.17. The monoisotopic (exact) mass is 368 g/mol. The summed E-state index contributed by atoms with van der Waals surface area (Å²) >= 11 is 0.823. The van der Waals surface area contributed by atoms with Gasteiger partial charge in [0.25, 0.3) is 5.56 Å². The van der Waals surface area contributed by atoms with Crippen molar-refractivity contribution in [1.82, 2.24) is 9.55 Å². The highest BCUT2D eigenvalue weighted by atomic mass is 32.1. The van der Waals surface area contributed by atoms with E-state index in [2.05, 4.69) is 16.0 Å². The standard InChI is InChI=1S/C19H17FN4OS/c20-16-10-15-17(26-16)18(25)24(12-14-7-3-2-6-13(14)11-21)19(22-15)23-8-4-1-5-9-23/h2-3,6-7,10H,1,4-5,8-9,12H2. The quantitative estimate of drug-likeness (QED) is 0.710. The molecule has 1 aliphatic rings. The summed E-state index contributed by atoms with van der Waals surface area (Å²) in [5.74, 6) is 0.563. The van der Waals surface area contributed by atoms with Crippen LogP contribution in [0.25, 0.3) is 10.2 Å². The normalized spacial score (nSPS) is 14.5. The zero-order chi connectivity index (χ0) is 18.1. The molecule has 0 atom stereocenters. The molecule has 26 heavy (non-hydrogen) atoms. The summed E-state index contributed by atoms with van der Waals surface area (Å²) < 4.78 is 15.6. The van der Waals surface area contributed by atoms with Crippen LogP contribution in [-0.4, -0.2) is 22.6 Å². The van der Waals surface area contributed by atoms with Crippen LogP contribution in [0.4, 0.5) is 10.3 Å². The van der Waals surface area contributed by atoms with Gasteiger partial charge >= 0.3 is 0 Å². The molecule has 0 N–H and O–H groups in total. The maximum atomic E-state index is 13.7. The highest BCUT2D eigenvalue weighted by Crippen LogP contribution is 2.25. The number of hydrogen-bond acceptors (Lipinski definition) is 5. The van der Waals surface area contributed by atoms with E-state index >= 15 is 0 Å². The molecule has 3 heterocycles. The van der Waals surface area contributed by atoms with Crippen LogP contribution in [0.1, 0.15) is 30.4 Å². The number of fused-ring (bicyclic) bond motifs is 1. The Morgan fingerprint density at radius 3 is 2.77 bits per heavy atom. The van der Waals surface area contributed by atoms with E-state index in [1.165, 1.54) is 6.07 Å². The predicted molar refractivity (Wildman–Crippen MR) is 100 cm³/mol. The Labute approximate surface area is 153 Å². The van der Waals surface area contributed by atoms with E-state index in [1.54, 1.807) is 16.7 Å². The van der Waals surface area contributed by atoms with Gasteiger partial charge < -0.3 is 4.90 Å². The van der Waals surface area contributed by atoms with Crippen LogP contribution in [0, 0.1) is 16.5 Å². The van der Waals surface area contributed by atoms with E-state index in [0.717, 1.165) is 49.3 Å². The van der Waals surface area contributed by atoms with E-state index in [9.17, 15) is 14.4 Å². The first-order chi connectivity index (χ1) is 12.7. The molecule has 0 bridgehead atoms. The van der Waals surface area contributed by atoms with Crippen molar-refractivity contribution in [3.8, 4) is 6.07 Å². The molecule has 0 saturated carbocycles. The Kier molecular flexibility index (Phi) is 4.43. The van der Waals surface area contributed by atoms with Gasteiger partial charge in [-0.3, -0.25) is 9.36 Å². The Bertz CT molecular complexity index is 1060. The van der Waals surface area contributed by atoms with Gasteiger partial charge in [-0.25, -0.2) is 4.98 Å². The summed E-state index contributed by atoms with van der Waals surface area (Å²) in [6.07, 6.45) is 3.24. The van der Waals surface area contributed by atoms with Gasteiger partial charge in [-0.05, 0) is 30.9 Å². The van der Waals surface area contributed by atoms with Crippen molar-refractivity contribution in [2.24, 2.45) is 0 Å². The van der Waals surface area contributed by atoms with Gasteiger partial charge in [0.1, 0.15) is 4.70 Å². The van der Waals surface area contributed by atoms with Crippen molar-refractivity contribution in [3.05, 3.63) is 56.9 Å². The predicted octanol–water partition coefficient (Wildman–Crippen LogP) is 3.51. The lowest BCUT2D eigenvalue weighted by molar-refractivity contribution is 0.553. The van der Waals surface area contributed by atoms with Crippen LogP contribution in [0.2, 0.25) is 0 Å². The summed E-state index contributed by atoms with van der Waals surface area (Å²) in [7, 11) is 0. The summed E-state index contributed by atoms with van der Waals surface area (Å²) in [5.41, 5.74) is 1.44. The maximum Gasteiger partial charge on any atom is 0.273 e. The molecule has 7 heteroatoms. The van der Waals surface area contributed by atoms with Crippen molar-refractivity contribution in [3.63, 3.8) is 0 Å². The Morgan fingerprint density at radius 2 is 2.00 bits per heavy atom. The first-order valence-corrected chi connectivity index (χ1v) is 9.42. The van der Waals surface area contributed by atoms with Crippen LogP contribution in [0.15, 0.2) is 35.1 Å². The van der Waals surface area contributed by atoms with E-state index in [-0.39, 0.29) is 12.1 Å². The third-order valence-electron chi connectivity index (χ3n) is 4.69. The average Bonchev–Trinajstić information content (AvgIpc) is 3.05. The molecule has 1 fully saturated rings. The first kappa shape index (κ1) is 16.7. The van der Waals surface area contributed by atoms with E-state index < -0.39 is 5.13 Å². The lowest BCUT2D eigenvalue weighted by atomic mass is 10.1. The molecule has 1 aliphatic heterocycles. The number of piperidine rings is 1. The van der Waals surface area contributed by atoms with Gasteiger partial charge in [-0.1, -0.05) is 29.5 Å². The molecule has 1 saturated heterocycles. The molecule has 0 radical (unpaired) electrons. The molecule has 4 rings (SSSR count). The summed E-state index contributed by atoms with van der Waals surface area (Å²) in [6.45, 7) is 1.89. The van der Waals surface area contributed by atoms with Crippen molar-refractivity contribution in [1.29, 1.82) is 5.26 Å². The first-order valence-electron chi connectivity index (χ1n) is 8.60. The zero-order valence-electron chi connectivity index (χ0n) is 14.1. The maximum absolute atomic E-state index is 13.7. The van der Waals surface area contributed by atoms with Gasteiger partial charge in [0.2, 0.25) is 5.95 Å². The van der Waals surface area contributed by atoms with Gasteiger partial charge in [0.15, 0.2) is 5.13 Å². The Balaban J connectivity index is 1.89. The summed E-state index contributed by atoms with van der Waals surface area (Å²) in [4.78, 5) is 19.8. The van der Waals surface area contributed by atoms with Crippen LogP contribution < -0.4 is 10.5 Å². The number of halogens is 1. The number of thiophene rings is 1. The lowest BCUT2D eigenvalue weighted by Gasteiger charge is -2.29. The molecular weight excluding hydrogens is 351 g/mol. The molecule has 0 unspecified atom stereocenters. The molecule has 132 valence electrons. The van der Waals surface area contributed by atoms with Gasteiger partial charge in [-0.15, -0.1) is 0 Å². The average molecular weight is 368 g/mol. The Hall–Kier alpha value is -2.72. The third-order valence-corrected chi connectivity index (χ3v) is 5.59. The summed E-state index contributed by atoms with van der Waals surface area (Å²) in [6, 6.07) is 10.7.